The molecular formula is C54H35NOS. The topological polar surface area (TPSA) is 16.4 Å². The molecule has 0 aliphatic carbocycles. The Labute approximate surface area is 335 Å². The van der Waals surface area contributed by atoms with Crippen LogP contribution in [0.3, 0.4) is 0 Å². The maximum atomic E-state index is 7.17. The lowest BCUT2D eigenvalue weighted by Crippen LogP contribution is -2.11. The Morgan fingerprint density at radius 1 is 0.333 bits per heavy atom. The third-order valence-corrected chi connectivity index (χ3v) is 12.2. The zero-order valence-electron chi connectivity index (χ0n) is 31.0. The summed E-state index contributed by atoms with van der Waals surface area (Å²) in [6.07, 6.45) is 0. The van der Waals surface area contributed by atoms with Crippen LogP contribution in [-0.2, 0) is 0 Å². The lowest BCUT2D eigenvalue weighted by Gasteiger charge is -2.27. The summed E-state index contributed by atoms with van der Waals surface area (Å²) in [5.74, 6) is 0. The Bertz CT molecular complexity index is 3200. The summed E-state index contributed by atoms with van der Waals surface area (Å²) in [5.41, 5.74) is 14.2. The molecule has 57 heavy (non-hydrogen) atoms. The van der Waals surface area contributed by atoms with Crippen molar-refractivity contribution < 1.29 is 4.42 Å². The molecule has 2 aromatic heterocycles. The van der Waals surface area contributed by atoms with Gasteiger partial charge >= 0.3 is 0 Å². The largest absolute Gasteiger partial charge is 0.453 e. The van der Waals surface area contributed by atoms with E-state index in [1.165, 1.54) is 36.9 Å². The molecule has 0 N–H and O–H groups in total. The second kappa shape index (κ2) is 13.8. The van der Waals surface area contributed by atoms with Gasteiger partial charge in [0.25, 0.3) is 0 Å². The first-order valence-corrected chi connectivity index (χ1v) is 20.1. The molecule has 3 heteroatoms. The van der Waals surface area contributed by atoms with Gasteiger partial charge in [0.2, 0.25) is 0 Å². The average molecular weight is 746 g/mol. The number of anilines is 3. The molecule has 0 saturated carbocycles. The first-order chi connectivity index (χ1) is 28.3. The van der Waals surface area contributed by atoms with Crippen LogP contribution in [0.15, 0.2) is 217 Å². The Morgan fingerprint density at radius 2 is 0.860 bits per heavy atom. The van der Waals surface area contributed by atoms with Crippen LogP contribution in [0.1, 0.15) is 0 Å². The van der Waals surface area contributed by atoms with E-state index in [0.717, 1.165) is 66.8 Å². The van der Waals surface area contributed by atoms with Gasteiger partial charge in [-0.05, 0) is 81.4 Å². The van der Waals surface area contributed by atoms with E-state index in [-0.39, 0.29) is 0 Å². The zero-order chi connectivity index (χ0) is 37.7. The van der Waals surface area contributed by atoms with Crippen LogP contribution < -0.4 is 4.90 Å². The number of hydrogen-bond donors (Lipinski definition) is 0. The molecule has 268 valence electrons. The number of hydrogen-bond acceptors (Lipinski definition) is 3. The molecule has 2 heterocycles. The maximum absolute atomic E-state index is 7.17. The molecule has 0 radical (unpaired) electrons. The van der Waals surface area contributed by atoms with Gasteiger partial charge in [0.05, 0.1) is 11.4 Å². The molecule has 11 aromatic rings. The minimum Gasteiger partial charge on any atom is -0.453 e. The first kappa shape index (κ1) is 33.2. The number of para-hydroxylation sites is 1. The minimum atomic E-state index is 0.852. The van der Waals surface area contributed by atoms with Crippen LogP contribution in [0, 0.1) is 0 Å². The Kier molecular flexibility index (Phi) is 8.04. The molecule has 0 aliphatic rings. The zero-order valence-corrected chi connectivity index (χ0v) is 31.8. The second-order valence-electron chi connectivity index (χ2n) is 14.5. The summed E-state index contributed by atoms with van der Waals surface area (Å²) in [6.45, 7) is 0. The van der Waals surface area contributed by atoms with E-state index in [1.54, 1.807) is 0 Å². The van der Waals surface area contributed by atoms with E-state index >= 15 is 0 Å². The Hall–Kier alpha value is -7.20. The van der Waals surface area contributed by atoms with E-state index in [2.05, 4.69) is 217 Å². The fourth-order valence-electron chi connectivity index (χ4n) is 8.33. The van der Waals surface area contributed by atoms with Crippen molar-refractivity contribution in [2.45, 2.75) is 0 Å². The summed E-state index contributed by atoms with van der Waals surface area (Å²) >= 11 is 1.84. The fourth-order valence-corrected chi connectivity index (χ4v) is 9.46. The van der Waals surface area contributed by atoms with Gasteiger partial charge in [0, 0.05) is 42.2 Å². The first-order valence-electron chi connectivity index (χ1n) is 19.3. The smallest absolute Gasteiger partial charge is 0.159 e. The highest BCUT2D eigenvalue weighted by molar-refractivity contribution is 7.26. The highest BCUT2D eigenvalue weighted by Gasteiger charge is 2.25. The van der Waals surface area contributed by atoms with Gasteiger partial charge in [-0.2, -0.15) is 0 Å². The van der Waals surface area contributed by atoms with Gasteiger partial charge in [0.15, 0.2) is 5.58 Å². The van der Waals surface area contributed by atoms with Crippen molar-refractivity contribution in [1.29, 1.82) is 0 Å². The lowest BCUT2D eigenvalue weighted by molar-refractivity contribution is 0.670. The molecule has 0 bridgehead atoms. The number of benzene rings is 9. The molecule has 0 fully saturated rings. The Morgan fingerprint density at radius 3 is 1.54 bits per heavy atom. The quantitative estimate of drug-likeness (QED) is 0.162. The van der Waals surface area contributed by atoms with Crippen molar-refractivity contribution >= 4 is 70.5 Å². The number of furan rings is 1. The van der Waals surface area contributed by atoms with E-state index < -0.39 is 0 Å². The van der Waals surface area contributed by atoms with Gasteiger partial charge < -0.3 is 9.32 Å². The highest BCUT2D eigenvalue weighted by atomic mass is 32.1. The number of thiophene rings is 1. The summed E-state index contributed by atoms with van der Waals surface area (Å²) in [4.78, 5) is 2.42. The average Bonchev–Trinajstić information content (AvgIpc) is 3.87. The van der Waals surface area contributed by atoms with Crippen LogP contribution in [-0.4, -0.2) is 0 Å². The van der Waals surface area contributed by atoms with E-state index in [9.17, 15) is 0 Å². The van der Waals surface area contributed by atoms with Crippen LogP contribution in [0.5, 0.6) is 0 Å². The monoisotopic (exact) mass is 745 g/mol. The van der Waals surface area contributed by atoms with Crippen molar-refractivity contribution in [2.75, 3.05) is 4.90 Å². The SMILES string of the molecule is c1ccc(-c2ccc(-c3ccc(N(c4cc(-c5ccccc5)cc5c4oc4c(-c6ccccc6)cccc45)c4cccc5sc6ccccc6c45)cc3)cc2)cc1. The molecular weight excluding hydrogens is 711 g/mol. The van der Waals surface area contributed by atoms with Crippen LogP contribution >= 0.6 is 11.3 Å². The Balaban J connectivity index is 1.16. The summed E-state index contributed by atoms with van der Waals surface area (Å²) in [6, 6.07) is 76.2. The minimum absolute atomic E-state index is 0.852. The molecule has 9 aromatic carbocycles. The molecule has 0 aliphatic heterocycles. The van der Waals surface area contributed by atoms with E-state index in [4.69, 9.17) is 4.42 Å². The standard InChI is InChI=1S/C54H35NOS/c1-4-14-36(15-5-1)38-26-28-39(29-27-38)40-30-32-43(33-31-40)55(48-23-13-25-51-52(48)46-20-10-11-24-50(46)57-51)49-35-42(37-16-6-2-7-17-37)34-47-45-22-12-21-44(53(45)56-54(47)49)41-18-8-3-9-19-41/h1-35H. The predicted octanol–water partition coefficient (Wildman–Crippen LogP) is 16.1. The van der Waals surface area contributed by atoms with E-state index in [0.29, 0.717) is 0 Å². The lowest BCUT2D eigenvalue weighted by atomic mass is 9.98. The molecule has 0 spiro atoms. The molecule has 0 saturated heterocycles. The molecule has 2 nitrogen and oxygen atoms in total. The third-order valence-electron chi connectivity index (χ3n) is 11.1. The normalized spacial score (nSPS) is 11.5. The number of fused-ring (bicyclic) bond motifs is 6. The maximum Gasteiger partial charge on any atom is 0.159 e. The van der Waals surface area contributed by atoms with Gasteiger partial charge in [-0.3, -0.25) is 0 Å². The second-order valence-corrected chi connectivity index (χ2v) is 15.5. The number of nitrogens with zero attached hydrogens (tertiary/aromatic N) is 1. The van der Waals surface area contributed by atoms with Gasteiger partial charge in [0.1, 0.15) is 5.58 Å². The molecule has 0 unspecified atom stereocenters. The summed E-state index contributed by atoms with van der Waals surface area (Å²) in [5, 5.41) is 4.66. The highest BCUT2D eigenvalue weighted by Crippen LogP contribution is 2.49. The van der Waals surface area contributed by atoms with Crippen LogP contribution in [0.25, 0.3) is 86.6 Å². The van der Waals surface area contributed by atoms with Gasteiger partial charge in [-0.15, -0.1) is 11.3 Å². The molecule has 0 atom stereocenters. The van der Waals surface area contributed by atoms with Crippen LogP contribution in [0.4, 0.5) is 17.1 Å². The molecule has 11 rings (SSSR count). The summed E-state index contributed by atoms with van der Waals surface area (Å²) < 4.78 is 9.69. The van der Waals surface area contributed by atoms with Crippen molar-refractivity contribution in [3.63, 3.8) is 0 Å². The van der Waals surface area contributed by atoms with Crippen LogP contribution in [0.2, 0.25) is 0 Å². The van der Waals surface area contributed by atoms with Gasteiger partial charge in [-0.1, -0.05) is 170 Å². The molecule has 0 amide bonds. The third kappa shape index (κ3) is 5.80. The predicted molar refractivity (Wildman–Crippen MR) is 243 cm³/mol. The van der Waals surface area contributed by atoms with Crippen molar-refractivity contribution in [3.8, 4) is 44.5 Å². The number of rotatable bonds is 7. The van der Waals surface area contributed by atoms with Gasteiger partial charge in [-0.25, -0.2) is 0 Å². The summed E-state index contributed by atoms with van der Waals surface area (Å²) in [7, 11) is 0. The van der Waals surface area contributed by atoms with Crippen molar-refractivity contribution in [1.82, 2.24) is 0 Å². The van der Waals surface area contributed by atoms with Crippen molar-refractivity contribution in [3.05, 3.63) is 212 Å². The van der Waals surface area contributed by atoms with Crippen molar-refractivity contribution in [2.24, 2.45) is 0 Å². The van der Waals surface area contributed by atoms with E-state index in [1.807, 2.05) is 11.3 Å². The fraction of sp³-hybridized carbons (Fsp3) is 0.